The summed E-state index contributed by atoms with van der Waals surface area (Å²) in [6.45, 7) is 0.0100. The van der Waals surface area contributed by atoms with Gasteiger partial charge in [-0.2, -0.15) is 0 Å². The summed E-state index contributed by atoms with van der Waals surface area (Å²) in [5.41, 5.74) is 0. The van der Waals surface area contributed by atoms with E-state index in [1.165, 1.54) is 7.11 Å². The highest BCUT2D eigenvalue weighted by atomic mass is 16.6. The van der Waals surface area contributed by atoms with Crippen LogP contribution in [0.5, 0.6) is 0 Å². The SMILES string of the molecule is COC(=O)/C=C/C(=O)OC[C@H]1CCC(=O)O1. The van der Waals surface area contributed by atoms with E-state index >= 15 is 0 Å². The first-order valence-corrected chi connectivity index (χ1v) is 4.74. The summed E-state index contributed by atoms with van der Waals surface area (Å²) in [7, 11) is 1.20. The number of hydrogen-bond donors (Lipinski definition) is 0. The Morgan fingerprint density at radius 2 is 2.12 bits per heavy atom. The third-order valence-corrected chi connectivity index (χ3v) is 1.94. The van der Waals surface area contributed by atoms with Gasteiger partial charge in [-0.3, -0.25) is 4.79 Å². The number of methoxy groups -OCH3 is 1. The Morgan fingerprint density at radius 1 is 1.44 bits per heavy atom. The molecule has 1 aliphatic heterocycles. The molecule has 88 valence electrons. The zero-order valence-corrected chi connectivity index (χ0v) is 8.80. The molecule has 1 rings (SSSR count). The van der Waals surface area contributed by atoms with Crippen LogP contribution in [0.4, 0.5) is 0 Å². The van der Waals surface area contributed by atoms with E-state index in [-0.39, 0.29) is 18.7 Å². The Morgan fingerprint density at radius 3 is 2.69 bits per heavy atom. The van der Waals surface area contributed by atoms with Gasteiger partial charge in [-0.15, -0.1) is 0 Å². The van der Waals surface area contributed by atoms with Crippen molar-refractivity contribution in [3.05, 3.63) is 12.2 Å². The minimum atomic E-state index is -0.673. The Labute approximate surface area is 92.2 Å². The van der Waals surface area contributed by atoms with Gasteiger partial charge in [0.1, 0.15) is 12.7 Å². The minimum absolute atomic E-state index is 0.0100. The van der Waals surface area contributed by atoms with Gasteiger partial charge >= 0.3 is 17.9 Å². The van der Waals surface area contributed by atoms with Gasteiger partial charge in [0, 0.05) is 18.6 Å². The minimum Gasteiger partial charge on any atom is -0.466 e. The van der Waals surface area contributed by atoms with Gasteiger partial charge in [0.15, 0.2) is 0 Å². The Kier molecular flexibility index (Phi) is 4.50. The zero-order valence-electron chi connectivity index (χ0n) is 8.80. The molecular weight excluding hydrogens is 216 g/mol. The van der Waals surface area contributed by atoms with Crippen LogP contribution >= 0.6 is 0 Å². The molecule has 6 nitrogen and oxygen atoms in total. The first kappa shape index (κ1) is 12.2. The third-order valence-electron chi connectivity index (χ3n) is 1.94. The van der Waals surface area contributed by atoms with Crippen molar-refractivity contribution in [1.29, 1.82) is 0 Å². The summed E-state index contributed by atoms with van der Waals surface area (Å²) in [6.07, 6.45) is 2.45. The van der Waals surface area contributed by atoms with Crippen molar-refractivity contribution in [2.45, 2.75) is 18.9 Å². The first-order chi connectivity index (χ1) is 7.61. The maximum absolute atomic E-state index is 11.0. The molecule has 16 heavy (non-hydrogen) atoms. The predicted octanol–water partition coefficient (Wildman–Crippen LogP) is -0.0356. The fourth-order valence-corrected chi connectivity index (χ4v) is 1.13. The lowest BCUT2D eigenvalue weighted by atomic mass is 10.2. The zero-order chi connectivity index (χ0) is 12.0. The molecule has 1 aliphatic rings. The normalized spacial score (nSPS) is 19.6. The van der Waals surface area contributed by atoms with Crippen LogP contribution in [0, 0.1) is 0 Å². The fourth-order valence-electron chi connectivity index (χ4n) is 1.13. The van der Waals surface area contributed by atoms with Crippen LogP contribution in [0.1, 0.15) is 12.8 Å². The highest BCUT2D eigenvalue weighted by Gasteiger charge is 2.24. The van der Waals surface area contributed by atoms with Gasteiger partial charge in [-0.05, 0) is 6.42 Å². The standard InChI is InChI=1S/C10H12O6/c1-14-8(11)4-5-9(12)15-6-7-2-3-10(13)16-7/h4-5,7H,2-3,6H2,1H3/b5-4+/t7-/m1/s1. The lowest BCUT2D eigenvalue weighted by Crippen LogP contribution is -2.17. The molecule has 0 aromatic carbocycles. The molecule has 0 aromatic rings. The molecule has 0 saturated carbocycles. The molecule has 1 fully saturated rings. The fraction of sp³-hybridized carbons (Fsp3) is 0.500. The quantitative estimate of drug-likeness (QED) is 0.382. The van der Waals surface area contributed by atoms with E-state index in [0.717, 1.165) is 12.2 Å². The number of ether oxygens (including phenoxy) is 3. The maximum Gasteiger partial charge on any atom is 0.331 e. The molecule has 6 heteroatoms. The summed E-state index contributed by atoms with van der Waals surface area (Å²) in [4.78, 5) is 32.4. The molecule has 0 radical (unpaired) electrons. The second kappa shape index (κ2) is 5.89. The number of carbonyl (C=O) groups excluding carboxylic acids is 3. The van der Waals surface area contributed by atoms with Crippen LogP contribution in [-0.2, 0) is 28.6 Å². The Balaban J connectivity index is 2.22. The molecule has 0 aromatic heterocycles. The monoisotopic (exact) mass is 228 g/mol. The molecule has 0 spiro atoms. The van der Waals surface area contributed by atoms with Crippen LogP contribution in [0.2, 0.25) is 0 Å². The molecular formula is C10H12O6. The Bertz CT molecular complexity index is 319. The number of esters is 3. The van der Waals surface area contributed by atoms with Crippen molar-refractivity contribution in [2.75, 3.05) is 13.7 Å². The van der Waals surface area contributed by atoms with E-state index in [9.17, 15) is 14.4 Å². The molecule has 1 heterocycles. The van der Waals surface area contributed by atoms with Gasteiger partial charge < -0.3 is 14.2 Å². The van der Waals surface area contributed by atoms with Crippen molar-refractivity contribution in [3.8, 4) is 0 Å². The van der Waals surface area contributed by atoms with E-state index in [2.05, 4.69) is 4.74 Å². The molecule has 0 amide bonds. The number of cyclic esters (lactones) is 1. The number of carbonyl (C=O) groups is 3. The predicted molar refractivity (Wildman–Crippen MR) is 51.2 cm³/mol. The van der Waals surface area contributed by atoms with Crippen LogP contribution in [0.25, 0.3) is 0 Å². The van der Waals surface area contributed by atoms with Gasteiger partial charge in [-0.25, -0.2) is 9.59 Å². The highest BCUT2D eigenvalue weighted by Crippen LogP contribution is 2.13. The first-order valence-electron chi connectivity index (χ1n) is 4.74. The van der Waals surface area contributed by atoms with Crippen molar-refractivity contribution in [3.63, 3.8) is 0 Å². The molecule has 1 atom stereocenters. The van der Waals surface area contributed by atoms with E-state index in [1.807, 2.05) is 0 Å². The number of hydrogen-bond acceptors (Lipinski definition) is 6. The summed E-state index contributed by atoms with van der Waals surface area (Å²) in [5, 5.41) is 0. The van der Waals surface area contributed by atoms with E-state index < -0.39 is 11.9 Å². The van der Waals surface area contributed by atoms with Gasteiger partial charge in [0.25, 0.3) is 0 Å². The molecule has 1 saturated heterocycles. The summed E-state index contributed by atoms with van der Waals surface area (Å²) < 4.78 is 13.9. The van der Waals surface area contributed by atoms with E-state index in [4.69, 9.17) is 9.47 Å². The third kappa shape index (κ3) is 4.12. The van der Waals surface area contributed by atoms with Crippen molar-refractivity contribution in [1.82, 2.24) is 0 Å². The topological polar surface area (TPSA) is 78.9 Å². The molecule has 0 aliphatic carbocycles. The Hall–Kier alpha value is -1.85. The van der Waals surface area contributed by atoms with Gasteiger partial charge in [0.05, 0.1) is 7.11 Å². The average Bonchev–Trinajstić information content (AvgIpc) is 2.69. The van der Waals surface area contributed by atoms with Gasteiger partial charge in [0.2, 0.25) is 0 Å². The van der Waals surface area contributed by atoms with E-state index in [0.29, 0.717) is 12.8 Å². The summed E-state index contributed by atoms with van der Waals surface area (Å²) in [5.74, 6) is -1.59. The molecule has 0 bridgehead atoms. The van der Waals surface area contributed by atoms with Crippen LogP contribution in [-0.4, -0.2) is 37.7 Å². The van der Waals surface area contributed by atoms with Crippen LogP contribution in [0.15, 0.2) is 12.2 Å². The molecule has 0 N–H and O–H groups in total. The smallest absolute Gasteiger partial charge is 0.331 e. The van der Waals surface area contributed by atoms with Crippen molar-refractivity contribution >= 4 is 17.9 Å². The summed E-state index contributed by atoms with van der Waals surface area (Å²) >= 11 is 0. The highest BCUT2D eigenvalue weighted by molar-refractivity contribution is 5.91. The largest absolute Gasteiger partial charge is 0.466 e. The van der Waals surface area contributed by atoms with Crippen LogP contribution < -0.4 is 0 Å². The van der Waals surface area contributed by atoms with Crippen molar-refractivity contribution in [2.24, 2.45) is 0 Å². The lowest BCUT2D eigenvalue weighted by Gasteiger charge is -2.07. The van der Waals surface area contributed by atoms with Crippen LogP contribution in [0.3, 0.4) is 0 Å². The molecule has 0 unspecified atom stereocenters. The second-order valence-corrected chi connectivity index (χ2v) is 3.14. The summed E-state index contributed by atoms with van der Waals surface area (Å²) in [6, 6.07) is 0. The number of rotatable bonds is 4. The van der Waals surface area contributed by atoms with Crippen molar-refractivity contribution < 1.29 is 28.6 Å². The second-order valence-electron chi connectivity index (χ2n) is 3.14. The average molecular weight is 228 g/mol. The maximum atomic E-state index is 11.0. The lowest BCUT2D eigenvalue weighted by molar-refractivity contribution is -0.149. The van der Waals surface area contributed by atoms with E-state index in [1.54, 1.807) is 0 Å². The van der Waals surface area contributed by atoms with Gasteiger partial charge in [-0.1, -0.05) is 0 Å².